The van der Waals surface area contributed by atoms with E-state index in [1.54, 1.807) is 29.0 Å². The van der Waals surface area contributed by atoms with Gasteiger partial charge in [-0.05, 0) is 30.3 Å². The van der Waals surface area contributed by atoms with Gasteiger partial charge in [-0.3, -0.25) is 19.3 Å². The minimum atomic E-state index is -0.400. The van der Waals surface area contributed by atoms with Crippen molar-refractivity contribution < 1.29 is 14.3 Å². The van der Waals surface area contributed by atoms with Crippen LogP contribution in [0, 0.1) is 5.92 Å². The van der Waals surface area contributed by atoms with E-state index in [-0.39, 0.29) is 18.2 Å². The second-order valence-corrected chi connectivity index (χ2v) is 7.18. The van der Waals surface area contributed by atoms with Crippen molar-refractivity contribution in [1.29, 1.82) is 0 Å². The van der Waals surface area contributed by atoms with Crippen LogP contribution in [0.2, 0.25) is 0 Å². The van der Waals surface area contributed by atoms with Crippen molar-refractivity contribution in [3.63, 3.8) is 0 Å². The summed E-state index contributed by atoms with van der Waals surface area (Å²) >= 11 is 0. The highest BCUT2D eigenvalue weighted by Gasteiger charge is 2.35. The van der Waals surface area contributed by atoms with E-state index in [0.717, 1.165) is 22.8 Å². The van der Waals surface area contributed by atoms with Gasteiger partial charge < -0.3 is 15.0 Å². The Bertz CT molecular complexity index is 1060. The zero-order chi connectivity index (χ0) is 21.1. The van der Waals surface area contributed by atoms with Crippen LogP contribution >= 0.6 is 0 Å². The van der Waals surface area contributed by atoms with Crippen molar-refractivity contribution >= 4 is 17.5 Å². The number of rotatable bonds is 6. The number of nitrogens with zero attached hydrogens (tertiary/aromatic N) is 4. The third-order valence-electron chi connectivity index (χ3n) is 5.16. The molecule has 1 aliphatic rings. The summed E-state index contributed by atoms with van der Waals surface area (Å²) < 4.78 is 6.97. The van der Waals surface area contributed by atoms with Gasteiger partial charge in [0, 0.05) is 38.0 Å². The Morgan fingerprint density at radius 2 is 2.10 bits per heavy atom. The Morgan fingerprint density at radius 1 is 1.23 bits per heavy atom. The van der Waals surface area contributed by atoms with Crippen LogP contribution in [0.1, 0.15) is 12.1 Å². The molecule has 30 heavy (non-hydrogen) atoms. The molecule has 0 bridgehead atoms. The molecule has 1 N–H and O–H groups in total. The number of benzene rings is 1. The van der Waals surface area contributed by atoms with Crippen LogP contribution in [0.3, 0.4) is 0 Å². The number of ether oxygens (including phenoxy) is 1. The van der Waals surface area contributed by atoms with Crippen molar-refractivity contribution in [2.24, 2.45) is 13.0 Å². The first-order valence-electron chi connectivity index (χ1n) is 9.71. The fourth-order valence-electron chi connectivity index (χ4n) is 3.60. The smallest absolute Gasteiger partial charge is 0.227 e. The molecule has 1 atom stereocenters. The van der Waals surface area contributed by atoms with Crippen LogP contribution < -0.4 is 15.0 Å². The van der Waals surface area contributed by atoms with Gasteiger partial charge in [-0.25, -0.2) is 0 Å². The molecule has 2 aromatic heterocycles. The molecule has 1 unspecified atom stereocenters. The molecule has 1 aliphatic heterocycles. The number of hydrogen-bond donors (Lipinski definition) is 1. The summed E-state index contributed by atoms with van der Waals surface area (Å²) in [5.74, 6) is 0.0483. The molecule has 4 rings (SSSR count). The summed E-state index contributed by atoms with van der Waals surface area (Å²) in [6, 6.07) is 14.9. The maximum atomic E-state index is 12.7. The molecule has 0 spiro atoms. The minimum Gasteiger partial charge on any atom is -0.497 e. The van der Waals surface area contributed by atoms with Crippen molar-refractivity contribution in [3.8, 4) is 17.1 Å². The Morgan fingerprint density at radius 3 is 2.87 bits per heavy atom. The van der Waals surface area contributed by atoms with Gasteiger partial charge in [0.15, 0.2) is 0 Å². The van der Waals surface area contributed by atoms with Gasteiger partial charge in [0.2, 0.25) is 11.8 Å². The van der Waals surface area contributed by atoms with E-state index >= 15 is 0 Å². The lowest BCUT2D eigenvalue weighted by atomic mass is 10.1. The lowest BCUT2D eigenvalue weighted by Crippen LogP contribution is -2.32. The van der Waals surface area contributed by atoms with Crippen LogP contribution in [0.4, 0.5) is 5.69 Å². The molecule has 3 aromatic rings. The molecule has 0 aliphatic carbocycles. The highest BCUT2D eigenvalue weighted by atomic mass is 16.5. The number of carbonyl (C=O) groups excluding carboxylic acids is 2. The first-order valence-corrected chi connectivity index (χ1v) is 9.71. The fraction of sp³-hybridized carbons (Fsp3) is 0.273. The van der Waals surface area contributed by atoms with Gasteiger partial charge in [-0.15, -0.1) is 0 Å². The summed E-state index contributed by atoms with van der Waals surface area (Å²) in [5, 5.41) is 7.36. The number of pyridine rings is 1. The van der Waals surface area contributed by atoms with Crippen LogP contribution in [-0.2, 0) is 23.2 Å². The van der Waals surface area contributed by atoms with E-state index in [1.165, 1.54) is 0 Å². The van der Waals surface area contributed by atoms with Gasteiger partial charge in [-0.2, -0.15) is 5.10 Å². The first-order chi connectivity index (χ1) is 14.5. The number of aryl methyl sites for hydroxylation is 1. The molecule has 1 fully saturated rings. The number of aromatic nitrogens is 3. The van der Waals surface area contributed by atoms with Crippen molar-refractivity contribution in [3.05, 3.63) is 60.4 Å². The molecule has 1 saturated heterocycles. The van der Waals surface area contributed by atoms with Gasteiger partial charge in [0.25, 0.3) is 0 Å². The van der Waals surface area contributed by atoms with Crippen molar-refractivity contribution in [2.75, 3.05) is 18.6 Å². The molecular formula is C22H23N5O3. The van der Waals surface area contributed by atoms with E-state index < -0.39 is 5.92 Å². The number of nitrogens with one attached hydrogen (secondary N) is 1. The third kappa shape index (κ3) is 4.03. The SMILES string of the molecule is COc1cccc(N2CC(C(=O)NCc3cc(-c4ccccn4)n(C)n3)CC2=O)c1. The van der Waals surface area contributed by atoms with Crippen LogP contribution in [0.25, 0.3) is 11.4 Å². The molecule has 154 valence electrons. The van der Waals surface area contributed by atoms with Gasteiger partial charge >= 0.3 is 0 Å². The highest BCUT2D eigenvalue weighted by Crippen LogP contribution is 2.28. The zero-order valence-corrected chi connectivity index (χ0v) is 16.9. The lowest BCUT2D eigenvalue weighted by molar-refractivity contribution is -0.126. The van der Waals surface area contributed by atoms with Crippen molar-refractivity contribution in [2.45, 2.75) is 13.0 Å². The van der Waals surface area contributed by atoms with Crippen LogP contribution in [0.5, 0.6) is 5.75 Å². The first kappa shape index (κ1) is 19.6. The predicted molar refractivity (Wildman–Crippen MR) is 112 cm³/mol. The second kappa shape index (κ2) is 8.36. The third-order valence-corrected chi connectivity index (χ3v) is 5.16. The standard InChI is InChI=1S/C22H23N5O3/c1-26-20(19-8-3-4-9-23-19)11-16(25-26)13-24-22(29)15-10-21(28)27(14-15)17-6-5-7-18(12-17)30-2/h3-9,11-12,15H,10,13-14H2,1-2H3,(H,24,29). The number of methoxy groups -OCH3 is 1. The predicted octanol–water partition coefficient (Wildman–Crippen LogP) is 2.16. The largest absolute Gasteiger partial charge is 0.497 e. The molecule has 8 nitrogen and oxygen atoms in total. The summed E-state index contributed by atoms with van der Waals surface area (Å²) in [7, 11) is 3.43. The molecule has 0 saturated carbocycles. The lowest BCUT2D eigenvalue weighted by Gasteiger charge is -2.17. The Kier molecular flexibility index (Phi) is 5.47. The second-order valence-electron chi connectivity index (χ2n) is 7.18. The van der Waals surface area contributed by atoms with Gasteiger partial charge in [0.05, 0.1) is 36.7 Å². The topological polar surface area (TPSA) is 89.3 Å². The van der Waals surface area contributed by atoms with E-state index in [9.17, 15) is 9.59 Å². The Hall–Kier alpha value is -3.68. The molecular weight excluding hydrogens is 382 g/mol. The van der Waals surface area contributed by atoms with Gasteiger partial charge in [0.1, 0.15) is 5.75 Å². The molecule has 8 heteroatoms. The maximum absolute atomic E-state index is 12.7. The summed E-state index contributed by atoms with van der Waals surface area (Å²) in [4.78, 5) is 31.1. The summed E-state index contributed by atoms with van der Waals surface area (Å²) in [6.45, 7) is 0.641. The minimum absolute atomic E-state index is 0.0707. The normalized spacial score (nSPS) is 16.0. The maximum Gasteiger partial charge on any atom is 0.227 e. The highest BCUT2D eigenvalue weighted by molar-refractivity contribution is 6.00. The van der Waals surface area contributed by atoms with E-state index in [0.29, 0.717) is 18.8 Å². The molecule has 2 amide bonds. The number of amides is 2. The Balaban J connectivity index is 1.39. The van der Waals surface area contributed by atoms with E-state index in [1.807, 2.05) is 49.5 Å². The molecule has 3 heterocycles. The average molecular weight is 405 g/mol. The van der Waals surface area contributed by atoms with E-state index in [2.05, 4.69) is 15.4 Å². The van der Waals surface area contributed by atoms with Crippen molar-refractivity contribution in [1.82, 2.24) is 20.1 Å². The van der Waals surface area contributed by atoms with E-state index in [4.69, 9.17) is 4.74 Å². The zero-order valence-electron chi connectivity index (χ0n) is 16.9. The Labute approximate surface area is 174 Å². The van der Waals surface area contributed by atoms with Crippen LogP contribution in [0.15, 0.2) is 54.7 Å². The van der Waals surface area contributed by atoms with Gasteiger partial charge in [-0.1, -0.05) is 12.1 Å². The summed E-state index contributed by atoms with van der Waals surface area (Å²) in [6.07, 6.45) is 1.92. The number of carbonyl (C=O) groups is 2. The monoisotopic (exact) mass is 405 g/mol. The summed E-state index contributed by atoms with van der Waals surface area (Å²) in [5.41, 5.74) is 3.17. The fourth-order valence-corrected chi connectivity index (χ4v) is 3.60. The quantitative estimate of drug-likeness (QED) is 0.679. The number of hydrogen-bond acceptors (Lipinski definition) is 5. The molecule has 0 radical (unpaired) electrons. The number of anilines is 1. The average Bonchev–Trinajstić information content (AvgIpc) is 3.35. The molecule has 1 aromatic carbocycles. The van der Waals surface area contributed by atoms with Crippen LogP contribution in [-0.4, -0.2) is 40.2 Å².